The Labute approximate surface area is 136 Å². The Morgan fingerprint density at radius 1 is 1.26 bits per heavy atom. The number of thioether (sulfide) groups is 1. The minimum absolute atomic E-state index is 0.0308. The van der Waals surface area contributed by atoms with E-state index in [0.717, 1.165) is 18.2 Å². The van der Waals surface area contributed by atoms with Gasteiger partial charge in [0.2, 0.25) is 5.91 Å². The summed E-state index contributed by atoms with van der Waals surface area (Å²) in [6, 6.07) is 8.55. The van der Waals surface area contributed by atoms with Crippen molar-refractivity contribution in [1.29, 1.82) is 0 Å². The van der Waals surface area contributed by atoms with Crippen LogP contribution >= 0.6 is 11.8 Å². The van der Waals surface area contributed by atoms with Gasteiger partial charge in [-0.1, -0.05) is 36.9 Å². The standard InChI is InChI=1S/C14H17N5O3S/c1-2-8-19-13(22)17-18-14(19)23-9-11(20)15-16-12(21)10-6-4-3-5-7-10/h3-7H,2,8-9H2,1H3,(H,15,20)(H,16,21)(H,17,22). The number of H-pyrrole nitrogens is 1. The van der Waals surface area contributed by atoms with Gasteiger partial charge in [0.25, 0.3) is 5.91 Å². The molecule has 0 radical (unpaired) electrons. The van der Waals surface area contributed by atoms with Crippen LogP contribution in [0.15, 0.2) is 40.3 Å². The van der Waals surface area contributed by atoms with E-state index >= 15 is 0 Å². The number of nitrogens with one attached hydrogen (secondary N) is 3. The number of rotatable bonds is 6. The molecule has 0 saturated heterocycles. The van der Waals surface area contributed by atoms with Crippen molar-refractivity contribution < 1.29 is 9.59 Å². The zero-order valence-electron chi connectivity index (χ0n) is 12.5. The van der Waals surface area contributed by atoms with Crippen LogP contribution in [0.3, 0.4) is 0 Å². The van der Waals surface area contributed by atoms with E-state index in [-0.39, 0.29) is 11.4 Å². The zero-order valence-corrected chi connectivity index (χ0v) is 13.4. The molecule has 2 amide bonds. The zero-order chi connectivity index (χ0) is 16.7. The minimum atomic E-state index is -0.397. The molecular weight excluding hydrogens is 318 g/mol. The van der Waals surface area contributed by atoms with Crippen molar-refractivity contribution in [3.05, 3.63) is 46.4 Å². The summed E-state index contributed by atoms with van der Waals surface area (Å²) >= 11 is 1.12. The lowest BCUT2D eigenvalue weighted by atomic mass is 10.2. The number of aromatic amines is 1. The summed E-state index contributed by atoms with van der Waals surface area (Å²) in [6.45, 7) is 2.48. The van der Waals surface area contributed by atoms with E-state index in [1.807, 2.05) is 6.92 Å². The number of amides is 2. The van der Waals surface area contributed by atoms with E-state index in [2.05, 4.69) is 21.0 Å². The first-order chi connectivity index (χ1) is 11.1. The monoisotopic (exact) mass is 335 g/mol. The first kappa shape index (κ1) is 16.8. The van der Waals surface area contributed by atoms with Crippen molar-refractivity contribution in [2.45, 2.75) is 25.0 Å². The Morgan fingerprint density at radius 3 is 2.70 bits per heavy atom. The van der Waals surface area contributed by atoms with E-state index in [1.54, 1.807) is 30.3 Å². The van der Waals surface area contributed by atoms with Crippen LogP contribution in [0.25, 0.3) is 0 Å². The van der Waals surface area contributed by atoms with E-state index in [0.29, 0.717) is 17.3 Å². The summed E-state index contributed by atoms with van der Waals surface area (Å²) in [7, 11) is 0. The van der Waals surface area contributed by atoms with Crippen LogP contribution in [0.4, 0.5) is 0 Å². The summed E-state index contributed by atoms with van der Waals surface area (Å²) in [6.07, 6.45) is 0.784. The second-order valence-electron chi connectivity index (χ2n) is 4.62. The number of carbonyl (C=O) groups excluding carboxylic acids is 2. The molecule has 122 valence electrons. The molecule has 9 heteroatoms. The number of hydrogen-bond acceptors (Lipinski definition) is 5. The van der Waals surface area contributed by atoms with E-state index in [1.165, 1.54) is 4.57 Å². The maximum atomic E-state index is 11.8. The summed E-state index contributed by atoms with van der Waals surface area (Å²) in [5, 5.41) is 6.67. The highest BCUT2D eigenvalue weighted by Gasteiger charge is 2.11. The second-order valence-corrected chi connectivity index (χ2v) is 5.56. The lowest BCUT2D eigenvalue weighted by Crippen LogP contribution is -2.42. The van der Waals surface area contributed by atoms with E-state index in [9.17, 15) is 14.4 Å². The van der Waals surface area contributed by atoms with Crippen LogP contribution in [0.5, 0.6) is 0 Å². The first-order valence-corrected chi connectivity index (χ1v) is 8.02. The van der Waals surface area contributed by atoms with Crippen molar-refractivity contribution in [3.63, 3.8) is 0 Å². The fraction of sp³-hybridized carbons (Fsp3) is 0.286. The van der Waals surface area contributed by atoms with Crippen LogP contribution in [-0.2, 0) is 11.3 Å². The van der Waals surface area contributed by atoms with E-state index < -0.39 is 11.8 Å². The molecule has 0 aliphatic rings. The van der Waals surface area contributed by atoms with E-state index in [4.69, 9.17) is 0 Å². The summed E-state index contributed by atoms with van der Waals surface area (Å²) in [5.74, 6) is -0.757. The van der Waals surface area contributed by atoms with Crippen LogP contribution in [0.2, 0.25) is 0 Å². The molecule has 1 aromatic heterocycles. The molecule has 1 heterocycles. The highest BCUT2D eigenvalue weighted by molar-refractivity contribution is 7.99. The molecule has 0 unspecified atom stereocenters. The van der Waals surface area contributed by atoms with Gasteiger partial charge in [-0.2, -0.15) is 0 Å². The topological polar surface area (TPSA) is 109 Å². The molecule has 0 fully saturated rings. The van der Waals surface area contributed by atoms with Crippen LogP contribution in [0.1, 0.15) is 23.7 Å². The fourth-order valence-electron chi connectivity index (χ4n) is 1.79. The third kappa shape index (κ3) is 4.71. The smallest absolute Gasteiger partial charge is 0.272 e. The number of nitrogens with zero attached hydrogens (tertiary/aromatic N) is 2. The van der Waals surface area contributed by atoms with Gasteiger partial charge in [0.15, 0.2) is 5.16 Å². The van der Waals surface area contributed by atoms with Gasteiger partial charge in [0, 0.05) is 12.1 Å². The largest absolute Gasteiger partial charge is 0.343 e. The average Bonchev–Trinajstić information content (AvgIpc) is 2.92. The Balaban J connectivity index is 1.82. The normalized spacial score (nSPS) is 10.3. The number of benzene rings is 1. The number of hydrazine groups is 1. The molecule has 8 nitrogen and oxygen atoms in total. The van der Waals surface area contributed by atoms with Crippen molar-refractivity contribution in [1.82, 2.24) is 25.6 Å². The molecule has 2 aromatic rings. The lowest BCUT2D eigenvalue weighted by molar-refractivity contribution is -0.119. The number of aromatic nitrogens is 3. The number of hydrogen-bond donors (Lipinski definition) is 3. The third-order valence-electron chi connectivity index (χ3n) is 2.85. The highest BCUT2D eigenvalue weighted by atomic mass is 32.2. The Kier molecular flexibility index (Phi) is 5.98. The van der Waals surface area contributed by atoms with Crippen molar-refractivity contribution in [2.24, 2.45) is 0 Å². The molecule has 1 aromatic carbocycles. The lowest BCUT2D eigenvalue weighted by Gasteiger charge is -2.07. The molecule has 0 saturated carbocycles. The molecule has 0 aliphatic heterocycles. The summed E-state index contributed by atoms with van der Waals surface area (Å²) in [5.41, 5.74) is 4.81. The predicted octanol–water partition coefficient (Wildman–Crippen LogP) is 0.535. The van der Waals surface area contributed by atoms with Gasteiger partial charge in [-0.25, -0.2) is 9.89 Å². The molecule has 0 bridgehead atoms. The SMILES string of the molecule is CCCn1c(SCC(=O)NNC(=O)c2ccccc2)n[nH]c1=O. The van der Waals surface area contributed by atoms with Crippen molar-refractivity contribution >= 4 is 23.6 Å². The molecule has 2 rings (SSSR count). The molecule has 3 N–H and O–H groups in total. The van der Waals surface area contributed by atoms with Gasteiger partial charge in [0.1, 0.15) is 0 Å². The maximum absolute atomic E-state index is 11.8. The molecule has 0 atom stereocenters. The minimum Gasteiger partial charge on any atom is -0.272 e. The van der Waals surface area contributed by atoms with Gasteiger partial charge >= 0.3 is 5.69 Å². The fourth-order valence-corrected chi connectivity index (χ4v) is 2.56. The van der Waals surface area contributed by atoms with Crippen LogP contribution in [-0.4, -0.2) is 32.3 Å². The molecule has 23 heavy (non-hydrogen) atoms. The predicted molar refractivity (Wildman–Crippen MR) is 85.9 cm³/mol. The second kappa shape index (κ2) is 8.18. The summed E-state index contributed by atoms with van der Waals surface area (Å²) < 4.78 is 1.47. The Hall–Kier alpha value is -2.55. The summed E-state index contributed by atoms with van der Waals surface area (Å²) in [4.78, 5) is 35.0. The molecule has 0 aliphatic carbocycles. The van der Waals surface area contributed by atoms with Crippen LogP contribution in [0, 0.1) is 0 Å². The van der Waals surface area contributed by atoms with Gasteiger partial charge in [-0.3, -0.25) is 25.0 Å². The van der Waals surface area contributed by atoms with Crippen molar-refractivity contribution in [3.8, 4) is 0 Å². The van der Waals surface area contributed by atoms with Gasteiger partial charge in [-0.15, -0.1) is 5.10 Å². The quantitative estimate of drug-likeness (QED) is 0.527. The first-order valence-electron chi connectivity index (χ1n) is 7.04. The molecular formula is C14H17N5O3S. The average molecular weight is 335 g/mol. The van der Waals surface area contributed by atoms with Gasteiger partial charge in [-0.05, 0) is 18.6 Å². The maximum Gasteiger partial charge on any atom is 0.343 e. The Bertz CT molecular complexity index is 726. The van der Waals surface area contributed by atoms with Gasteiger partial charge < -0.3 is 0 Å². The van der Waals surface area contributed by atoms with Gasteiger partial charge in [0.05, 0.1) is 5.75 Å². The van der Waals surface area contributed by atoms with Crippen LogP contribution < -0.4 is 16.5 Å². The number of carbonyl (C=O) groups is 2. The van der Waals surface area contributed by atoms with Crippen molar-refractivity contribution in [2.75, 3.05) is 5.75 Å². The highest BCUT2D eigenvalue weighted by Crippen LogP contribution is 2.12. The third-order valence-corrected chi connectivity index (χ3v) is 3.83. The molecule has 0 spiro atoms. The Morgan fingerprint density at radius 2 is 2.00 bits per heavy atom.